The van der Waals surface area contributed by atoms with Crippen molar-refractivity contribution in [2.75, 3.05) is 0 Å². The van der Waals surface area contributed by atoms with Gasteiger partial charge in [-0.15, -0.1) is 0 Å². The molecule has 0 aromatic heterocycles. The van der Waals surface area contributed by atoms with E-state index in [2.05, 4.69) is 0 Å². The maximum atomic E-state index is 10.4. The van der Waals surface area contributed by atoms with Crippen LogP contribution in [0, 0.1) is 0 Å². The molecule has 1 rings (SSSR count). The number of benzene rings is 1. The molecule has 3 nitrogen and oxygen atoms in total. The third kappa shape index (κ3) is 3.27. The molecule has 11 heavy (non-hydrogen) atoms. The van der Waals surface area contributed by atoms with Crippen LogP contribution in [0.2, 0.25) is 0 Å². The summed E-state index contributed by atoms with van der Waals surface area (Å²) in [4.78, 5) is -0.0741. The molecule has 0 saturated heterocycles. The Labute approximate surface area is 84.3 Å². The fraction of sp³-hybridized carbons (Fsp3) is 0. The molecule has 0 bridgehead atoms. The van der Waals surface area contributed by atoms with E-state index in [1.165, 1.54) is 12.1 Å². The summed E-state index contributed by atoms with van der Waals surface area (Å²) in [5.74, 6) is 0. The second-order valence-electron chi connectivity index (χ2n) is 1.79. The van der Waals surface area contributed by atoms with Gasteiger partial charge in [0.15, 0.2) is 0 Å². The van der Waals surface area contributed by atoms with Gasteiger partial charge in [0, 0.05) is 26.2 Å². The van der Waals surface area contributed by atoms with Crippen molar-refractivity contribution < 1.29 is 39.2 Å². The quantitative estimate of drug-likeness (QED) is 0.753. The fourth-order valence-corrected chi connectivity index (χ4v) is 1.09. The minimum absolute atomic E-state index is 0. The van der Waals surface area contributed by atoms with Crippen molar-refractivity contribution in [3.05, 3.63) is 30.3 Å². The Balaban J connectivity index is 0.000001000. The first-order valence-corrected chi connectivity index (χ1v) is 4.07. The summed E-state index contributed by atoms with van der Waals surface area (Å²) in [6.45, 7) is 0. The summed E-state index contributed by atoms with van der Waals surface area (Å²) in [5.41, 5.74) is 0. The van der Waals surface area contributed by atoms with E-state index in [1.807, 2.05) is 0 Å². The van der Waals surface area contributed by atoms with E-state index in [-0.39, 0.29) is 31.1 Å². The standard InChI is InChI=1S/C6H6O3S.Zr/c7-10(8,9)6-4-2-1-3-5-6;/h1-5H,(H,7,8,9);. The molecule has 0 aliphatic rings. The van der Waals surface area contributed by atoms with Crippen LogP contribution in [0.1, 0.15) is 0 Å². The molecule has 1 N–H and O–H groups in total. The van der Waals surface area contributed by atoms with Gasteiger partial charge in [-0.05, 0) is 12.1 Å². The van der Waals surface area contributed by atoms with E-state index in [0.29, 0.717) is 0 Å². The Morgan fingerprint density at radius 3 is 1.82 bits per heavy atom. The summed E-state index contributed by atoms with van der Waals surface area (Å²) in [6, 6.07) is 7.42. The van der Waals surface area contributed by atoms with Gasteiger partial charge < -0.3 is 0 Å². The third-order valence-electron chi connectivity index (χ3n) is 1.04. The molecule has 0 fully saturated rings. The maximum Gasteiger partial charge on any atom is 0.294 e. The second-order valence-corrected chi connectivity index (χ2v) is 3.21. The Bertz CT molecular complexity index is 306. The normalized spacial score (nSPS) is 10.3. The number of rotatable bonds is 1. The van der Waals surface area contributed by atoms with Crippen LogP contribution in [0.25, 0.3) is 0 Å². The van der Waals surface area contributed by atoms with E-state index in [1.54, 1.807) is 18.2 Å². The molecule has 0 amide bonds. The second kappa shape index (κ2) is 4.14. The Kier molecular flexibility index (Phi) is 4.15. The van der Waals surface area contributed by atoms with Gasteiger partial charge >= 0.3 is 0 Å². The molecule has 1 aromatic rings. The van der Waals surface area contributed by atoms with E-state index in [0.717, 1.165) is 0 Å². The van der Waals surface area contributed by atoms with Gasteiger partial charge in [-0.25, -0.2) is 0 Å². The van der Waals surface area contributed by atoms with Gasteiger partial charge in [0.1, 0.15) is 0 Å². The molecule has 0 spiro atoms. The summed E-state index contributed by atoms with van der Waals surface area (Å²) in [7, 11) is -4.00. The zero-order valence-corrected chi connectivity index (χ0v) is 8.83. The van der Waals surface area contributed by atoms with Gasteiger partial charge in [0.05, 0.1) is 4.90 Å². The van der Waals surface area contributed by atoms with Crippen LogP contribution >= 0.6 is 0 Å². The molecule has 58 valence electrons. The average molecular weight is 249 g/mol. The van der Waals surface area contributed by atoms with Crippen molar-refractivity contribution in [3.8, 4) is 0 Å². The monoisotopic (exact) mass is 248 g/mol. The largest absolute Gasteiger partial charge is 0.294 e. The molecule has 1 aromatic carbocycles. The Morgan fingerprint density at radius 2 is 1.55 bits per heavy atom. The molecule has 5 heteroatoms. The minimum Gasteiger partial charge on any atom is -0.282 e. The molecule has 0 aliphatic heterocycles. The van der Waals surface area contributed by atoms with Crippen molar-refractivity contribution in [1.29, 1.82) is 0 Å². The molecule has 0 atom stereocenters. The predicted molar refractivity (Wildman–Crippen MR) is 36.3 cm³/mol. The van der Waals surface area contributed by atoms with Gasteiger partial charge in [0.2, 0.25) is 0 Å². The molecule has 0 heterocycles. The summed E-state index contributed by atoms with van der Waals surface area (Å²) >= 11 is 0. The van der Waals surface area contributed by atoms with E-state index in [4.69, 9.17) is 4.55 Å². The average Bonchev–Trinajstić information content (AvgIpc) is 1.88. The van der Waals surface area contributed by atoms with Crippen LogP contribution in [0.15, 0.2) is 35.2 Å². The van der Waals surface area contributed by atoms with Crippen LogP contribution in [-0.4, -0.2) is 13.0 Å². The van der Waals surface area contributed by atoms with E-state index in [9.17, 15) is 8.42 Å². The van der Waals surface area contributed by atoms with Crippen molar-refractivity contribution >= 4 is 10.1 Å². The van der Waals surface area contributed by atoms with E-state index >= 15 is 0 Å². The topological polar surface area (TPSA) is 54.4 Å². The first kappa shape index (κ1) is 11.0. The van der Waals surface area contributed by atoms with Crippen molar-refractivity contribution in [2.45, 2.75) is 4.90 Å². The smallest absolute Gasteiger partial charge is 0.282 e. The molecule has 0 aliphatic carbocycles. The Hall–Kier alpha value is 0.0131. The SMILES string of the molecule is O=S(=O)(O)c1ccccc1.[Zr]. The van der Waals surface area contributed by atoms with Crippen molar-refractivity contribution in [2.24, 2.45) is 0 Å². The molecular weight excluding hydrogens is 243 g/mol. The summed E-state index contributed by atoms with van der Waals surface area (Å²) in [6.07, 6.45) is 0. The minimum atomic E-state index is -4.00. The van der Waals surface area contributed by atoms with Gasteiger partial charge in [-0.2, -0.15) is 8.42 Å². The number of hydrogen-bond donors (Lipinski definition) is 1. The summed E-state index contributed by atoms with van der Waals surface area (Å²) in [5, 5.41) is 0. The van der Waals surface area contributed by atoms with Gasteiger partial charge in [-0.1, -0.05) is 18.2 Å². The van der Waals surface area contributed by atoms with Gasteiger partial charge in [0.25, 0.3) is 10.1 Å². The van der Waals surface area contributed by atoms with Crippen LogP contribution in [-0.2, 0) is 36.3 Å². The number of hydrogen-bond acceptors (Lipinski definition) is 2. The molecule has 0 unspecified atom stereocenters. The molecule has 0 saturated carbocycles. The zero-order chi connectivity index (χ0) is 7.61. The van der Waals surface area contributed by atoms with Crippen LogP contribution in [0.5, 0.6) is 0 Å². The predicted octanol–water partition coefficient (Wildman–Crippen LogP) is 0.931. The third-order valence-corrected chi connectivity index (χ3v) is 1.91. The van der Waals surface area contributed by atoms with E-state index < -0.39 is 10.1 Å². The first-order chi connectivity index (χ1) is 4.61. The maximum absolute atomic E-state index is 10.4. The molecule has 0 radical (unpaired) electrons. The zero-order valence-electron chi connectivity index (χ0n) is 5.56. The van der Waals surface area contributed by atoms with Crippen molar-refractivity contribution in [1.82, 2.24) is 0 Å². The first-order valence-electron chi connectivity index (χ1n) is 2.63. The van der Waals surface area contributed by atoms with Gasteiger partial charge in [-0.3, -0.25) is 4.55 Å². The Morgan fingerprint density at radius 1 is 1.09 bits per heavy atom. The van der Waals surface area contributed by atoms with Crippen LogP contribution in [0.3, 0.4) is 0 Å². The molecular formula is C6H6O3SZr. The fourth-order valence-electron chi connectivity index (χ4n) is 0.592. The van der Waals surface area contributed by atoms with Crippen LogP contribution < -0.4 is 0 Å². The summed E-state index contributed by atoms with van der Waals surface area (Å²) < 4.78 is 29.2. The van der Waals surface area contributed by atoms with Crippen molar-refractivity contribution in [3.63, 3.8) is 0 Å². The van der Waals surface area contributed by atoms with Crippen LogP contribution in [0.4, 0.5) is 0 Å².